The van der Waals surface area contributed by atoms with Crippen molar-refractivity contribution in [2.45, 2.75) is 4.90 Å². The molecule has 0 spiro atoms. The van der Waals surface area contributed by atoms with Crippen LogP contribution in [0.4, 0.5) is 8.78 Å². The van der Waals surface area contributed by atoms with E-state index in [2.05, 4.69) is 0 Å². The summed E-state index contributed by atoms with van der Waals surface area (Å²) in [5.41, 5.74) is 1.52. The van der Waals surface area contributed by atoms with Crippen molar-refractivity contribution >= 4 is 35.7 Å². The summed E-state index contributed by atoms with van der Waals surface area (Å²) in [6, 6.07) is 8.19. The molecule has 0 aliphatic carbocycles. The SMILES string of the molecule is CN(CC=O)CCN(CC(=O)NO)Sc1cc(F)c(Oc2ccc(Cl)cc2)c(F)c1. The Balaban J connectivity index is 2.13. The molecule has 2 rings (SSSR count). The van der Waals surface area contributed by atoms with E-state index in [4.69, 9.17) is 21.5 Å². The van der Waals surface area contributed by atoms with Crippen LogP contribution in [0.1, 0.15) is 0 Å². The molecule has 0 aromatic heterocycles. The van der Waals surface area contributed by atoms with Gasteiger partial charge in [0, 0.05) is 23.0 Å². The van der Waals surface area contributed by atoms with E-state index in [1.165, 1.54) is 34.1 Å². The van der Waals surface area contributed by atoms with Crippen molar-refractivity contribution in [3.63, 3.8) is 0 Å². The first-order valence-corrected chi connectivity index (χ1v) is 9.88. The number of carbonyl (C=O) groups is 2. The van der Waals surface area contributed by atoms with Gasteiger partial charge in [0.15, 0.2) is 17.4 Å². The van der Waals surface area contributed by atoms with Crippen molar-refractivity contribution < 1.29 is 28.3 Å². The van der Waals surface area contributed by atoms with Crippen LogP contribution in [0.2, 0.25) is 5.02 Å². The Bertz CT molecular complexity index is 850. The number of rotatable bonds is 11. The zero-order chi connectivity index (χ0) is 22.1. The van der Waals surface area contributed by atoms with E-state index >= 15 is 0 Å². The topological polar surface area (TPSA) is 82.1 Å². The molecule has 0 aliphatic heterocycles. The highest BCUT2D eigenvalue weighted by Crippen LogP contribution is 2.33. The first-order chi connectivity index (χ1) is 14.3. The van der Waals surface area contributed by atoms with E-state index in [1.54, 1.807) is 11.9 Å². The number of ether oxygens (including phenoxy) is 1. The lowest BCUT2D eigenvalue weighted by molar-refractivity contribution is -0.129. The predicted octanol–water partition coefficient (Wildman–Crippen LogP) is 3.36. The lowest BCUT2D eigenvalue weighted by Gasteiger charge is -2.23. The van der Waals surface area contributed by atoms with Gasteiger partial charge in [0.2, 0.25) is 0 Å². The van der Waals surface area contributed by atoms with Crippen molar-refractivity contribution in [2.24, 2.45) is 0 Å². The summed E-state index contributed by atoms with van der Waals surface area (Å²) in [5, 5.41) is 9.22. The van der Waals surface area contributed by atoms with Gasteiger partial charge in [0.05, 0.1) is 13.1 Å². The number of aldehydes is 1. The van der Waals surface area contributed by atoms with Gasteiger partial charge in [0.25, 0.3) is 5.91 Å². The molecule has 2 aromatic rings. The van der Waals surface area contributed by atoms with Gasteiger partial charge in [-0.05, 0) is 55.4 Å². The van der Waals surface area contributed by atoms with Crippen molar-refractivity contribution in [1.29, 1.82) is 0 Å². The predicted molar refractivity (Wildman–Crippen MR) is 109 cm³/mol. The highest BCUT2D eigenvalue weighted by atomic mass is 35.5. The summed E-state index contributed by atoms with van der Waals surface area (Å²) in [5.74, 6) is -2.87. The molecule has 0 saturated heterocycles. The van der Waals surface area contributed by atoms with Gasteiger partial charge in [-0.15, -0.1) is 0 Å². The van der Waals surface area contributed by atoms with Gasteiger partial charge in [-0.3, -0.25) is 14.9 Å². The van der Waals surface area contributed by atoms with Gasteiger partial charge in [-0.2, -0.15) is 0 Å². The van der Waals surface area contributed by atoms with Gasteiger partial charge in [0.1, 0.15) is 12.0 Å². The quantitative estimate of drug-likeness (QED) is 0.231. The van der Waals surface area contributed by atoms with Crippen LogP contribution in [0.5, 0.6) is 11.5 Å². The number of nitrogens with one attached hydrogen (secondary N) is 1. The summed E-state index contributed by atoms with van der Waals surface area (Å²) in [7, 11) is 1.71. The zero-order valence-electron chi connectivity index (χ0n) is 16.0. The first-order valence-electron chi connectivity index (χ1n) is 8.73. The number of carbonyl (C=O) groups excluding carboxylic acids is 2. The molecule has 0 bridgehead atoms. The molecule has 0 heterocycles. The van der Waals surface area contributed by atoms with Crippen LogP contribution < -0.4 is 10.2 Å². The normalized spacial score (nSPS) is 11.0. The fourth-order valence-corrected chi connectivity index (χ4v) is 3.40. The van der Waals surface area contributed by atoms with Crippen molar-refractivity contribution in [3.05, 3.63) is 53.1 Å². The molecule has 162 valence electrons. The summed E-state index contributed by atoms with van der Waals surface area (Å²) in [6.07, 6.45) is 0.738. The van der Waals surface area contributed by atoms with Crippen LogP contribution >= 0.6 is 23.5 Å². The van der Waals surface area contributed by atoms with Gasteiger partial charge in [-0.25, -0.2) is 18.6 Å². The van der Waals surface area contributed by atoms with Gasteiger partial charge in [-0.1, -0.05) is 11.6 Å². The lowest BCUT2D eigenvalue weighted by atomic mass is 10.3. The Hall–Kier alpha value is -2.24. The minimum absolute atomic E-state index is 0.192. The third kappa shape index (κ3) is 7.54. The summed E-state index contributed by atoms with van der Waals surface area (Å²) >= 11 is 6.71. The number of likely N-dealkylation sites (N-methyl/N-ethyl adjacent to an activating group) is 1. The summed E-state index contributed by atoms with van der Waals surface area (Å²) in [4.78, 5) is 24.0. The average Bonchev–Trinajstić information content (AvgIpc) is 2.70. The number of nitrogens with zero attached hydrogens (tertiary/aromatic N) is 2. The smallest absolute Gasteiger partial charge is 0.258 e. The zero-order valence-corrected chi connectivity index (χ0v) is 17.6. The minimum Gasteiger partial charge on any atom is -0.451 e. The maximum absolute atomic E-state index is 14.5. The van der Waals surface area contributed by atoms with Crippen LogP contribution in [-0.2, 0) is 9.59 Å². The van der Waals surface area contributed by atoms with Crippen LogP contribution in [0.3, 0.4) is 0 Å². The van der Waals surface area contributed by atoms with Gasteiger partial charge < -0.3 is 9.53 Å². The van der Waals surface area contributed by atoms with Crippen molar-refractivity contribution in [3.8, 4) is 11.5 Å². The Morgan fingerprint density at radius 3 is 2.43 bits per heavy atom. The second kappa shape index (κ2) is 11.8. The highest BCUT2D eigenvalue weighted by molar-refractivity contribution is 7.97. The summed E-state index contributed by atoms with van der Waals surface area (Å²) in [6.45, 7) is 0.662. The maximum atomic E-state index is 14.5. The highest BCUT2D eigenvalue weighted by Gasteiger charge is 2.18. The van der Waals surface area contributed by atoms with E-state index in [0.717, 1.165) is 30.4 Å². The number of hydroxylamine groups is 1. The van der Waals surface area contributed by atoms with Crippen molar-refractivity contribution in [2.75, 3.05) is 33.2 Å². The number of benzene rings is 2. The standard InChI is InChI=1S/C19H20ClF2N3O4S/c1-24(8-9-26)6-7-25(12-18(27)23-28)30-15-10-16(21)19(17(22)11-15)29-14-4-2-13(20)3-5-14/h2-5,9-11,28H,6-8,12H2,1H3,(H,23,27). The Labute approximate surface area is 181 Å². The van der Waals surface area contributed by atoms with E-state index in [1.807, 2.05) is 0 Å². The molecule has 0 saturated carbocycles. The second-order valence-electron chi connectivity index (χ2n) is 6.19. The molecule has 2 N–H and O–H groups in total. The monoisotopic (exact) mass is 459 g/mol. The van der Waals surface area contributed by atoms with E-state index in [0.29, 0.717) is 11.6 Å². The second-order valence-corrected chi connectivity index (χ2v) is 7.80. The Morgan fingerprint density at radius 1 is 1.23 bits per heavy atom. The van der Waals surface area contributed by atoms with Crippen molar-refractivity contribution in [1.82, 2.24) is 14.7 Å². The summed E-state index contributed by atoms with van der Waals surface area (Å²) < 4.78 is 35.7. The number of halogens is 3. The van der Waals surface area contributed by atoms with Crippen LogP contribution in [0.25, 0.3) is 0 Å². The molecule has 7 nitrogen and oxygen atoms in total. The molecule has 30 heavy (non-hydrogen) atoms. The van der Waals surface area contributed by atoms with Gasteiger partial charge >= 0.3 is 0 Å². The molecule has 0 aliphatic rings. The molecule has 0 fully saturated rings. The largest absolute Gasteiger partial charge is 0.451 e. The molecule has 0 radical (unpaired) electrons. The fraction of sp³-hybridized carbons (Fsp3) is 0.263. The molecule has 11 heteroatoms. The minimum atomic E-state index is -0.919. The third-order valence-corrected chi connectivity index (χ3v) is 5.07. The van der Waals surface area contributed by atoms with E-state index < -0.39 is 23.3 Å². The molecular weight excluding hydrogens is 440 g/mol. The third-order valence-electron chi connectivity index (χ3n) is 3.80. The number of hydrogen-bond donors (Lipinski definition) is 2. The Kier molecular flexibility index (Phi) is 9.47. The van der Waals surface area contributed by atoms with Crippen LogP contribution in [0.15, 0.2) is 41.3 Å². The lowest BCUT2D eigenvalue weighted by Crippen LogP contribution is -2.36. The number of hydrogen-bond acceptors (Lipinski definition) is 7. The van der Waals surface area contributed by atoms with Crippen LogP contribution in [0, 0.1) is 11.6 Å². The van der Waals surface area contributed by atoms with E-state index in [-0.39, 0.29) is 30.3 Å². The maximum Gasteiger partial charge on any atom is 0.258 e. The first kappa shape index (κ1) is 24.0. The average molecular weight is 460 g/mol. The molecule has 0 atom stereocenters. The fourth-order valence-electron chi connectivity index (χ4n) is 2.31. The molecule has 0 unspecified atom stereocenters. The molecular formula is C19H20ClF2N3O4S. The molecule has 1 amide bonds. The van der Waals surface area contributed by atoms with Crippen LogP contribution in [-0.4, -0.2) is 59.8 Å². The Morgan fingerprint density at radius 2 is 1.87 bits per heavy atom. The number of amides is 1. The molecule has 2 aromatic carbocycles. The van der Waals surface area contributed by atoms with E-state index in [9.17, 15) is 18.4 Å².